The number of nitrogens with zero attached hydrogens (tertiary/aromatic N) is 5. The third-order valence-corrected chi connectivity index (χ3v) is 5.11. The molecule has 2 aromatic heterocycles. The van der Waals surface area contributed by atoms with E-state index in [9.17, 15) is 18.3 Å². The minimum absolute atomic E-state index is 0.231. The summed E-state index contributed by atoms with van der Waals surface area (Å²) in [4.78, 5) is 11.0. The van der Waals surface area contributed by atoms with Crippen LogP contribution in [0.5, 0.6) is 5.75 Å². The fourth-order valence-corrected chi connectivity index (χ4v) is 3.76. The Balaban J connectivity index is 1.66. The van der Waals surface area contributed by atoms with Crippen LogP contribution in [0.1, 0.15) is 17.5 Å². The third-order valence-electron chi connectivity index (χ3n) is 5.11. The lowest BCUT2D eigenvalue weighted by Crippen LogP contribution is -2.17. The number of rotatable bonds is 3. The van der Waals surface area contributed by atoms with Gasteiger partial charge in [-0.05, 0) is 50.6 Å². The van der Waals surface area contributed by atoms with Crippen LogP contribution in [0, 0.1) is 12.8 Å². The minimum Gasteiger partial charge on any atom is -0.507 e. The topological polar surface area (TPSA) is 67.1 Å². The number of hydrogen-bond acceptors (Lipinski definition) is 5. The number of halogens is 3. The molecule has 1 aliphatic rings. The van der Waals surface area contributed by atoms with Crippen molar-refractivity contribution in [1.82, 2.24) is 24.6 Å². The van der Waals surface area contributed by atoms with Gasteiger partial charge in [-0.25, -0.2) is 9.97 Å². The number of aryl methyl sites for hydroxylation is 1. The van der Waals surface area contributed by atoms with Crippen molar-refractivity contribution in [1.29, 1.82) is 0 Å². The molecule has 6 nitrogen and oxygen atoms in total. The number of benzene rings is 1. The Kier molecular flexibility index (Phi) is 4.49. The molecule has 3 aromatic rings. The molecule has 0 unspecified atom stereocenters. The summed E-state index contributed by atoms with van der Waals surface area (Å²) in [6.07, 6.45) is -0.141. The molecule has 0 saturated carbocycles. The van der Waals surface area contributed by atoms with Gasteiger partial charge in [0.2, 0.25) is 0 Å². The molecule has 0 bridgehead atoms. The molecule has 1 fully saturated rings. The first-order valence-electron chi connectivity index (χ1n) is 9.00. The summed E-state index contributed by atoms with van der Waals surface area (Å²) in [6, 6.07) is 1.71. The monoisotopic (exact) mass is 391 g/mol. The number of phenols is 1. The van der Waals surface area contributed by atoms with Crippen LogP contribution in [0.15, 0.2) is 24.5 Å². The van der Waals surface area contributed by atoms with Crippen LogP contribution in [-0.4, -0.2) is 49.9 Å². The summed E-state index contributed by atoms with van der Waals surface area (Å²) in [6.45, 7) is 4.35. The molecular weight excluding hydrogens is 371 g/mol. The average molecular weight is 391 g/mol. The normalized spacial score (nSPS) is 18.2. The number of aromatic nitrogens is 4. The second-order valence-corrected chi connectivity index (χ2v) is 7.42. The first kappa shape index (κ1) is 18.7. The quantitative estimate of drug-likeness (QED) is 0.741. The van der Waals surface area contributed by atoms with Crippen LogP contribution in [-0.2, 0) is 12.7 Å². The number of hydrogen-bond donors (Lipinski definition) is 1. The van der Waals surface area contributed by atoms with E-state index in [4.69, 9.17) is 0 Å². The Labute approximate surface area is 159 Å². The van der Waals surface area contributed by atoms with Gasteiger partial charge < -0.3 is 10.0 Å². The van der Waals surface area contributed by atoms with Crippen molar-refractivity contribution in [2.75, 3.05) is 20.1 Å². The molecule has 1 saturated heterocycles. The highest BCUT2D eigenvalue weighted by Gasteiger charge is 2.32. The molecule has 1 atom stereocenters. The van der Waals surface area contributed by atoms with E-state index in [0.29, 0.717) is 28.8 Å². The maximum Gasteiger partial charge on any atom is 0.416 e. The second kappa shape index (κ2) is 6.73. The highest BCUT2D eigenvalue weighted by molar-refractivity contribution is 5.77. The van der Waals surface area contributed by atoms with E-state index in [1.165, 1.54) is 13.1 Å². The molecule has 0 amide bonds. The zero-order valence-corrected chi connectivity index (χ0v) is 15.5. The summed E-state index contributed by atoms with van der Waals surface area (Å²) in [7, 11) is 2.09. The van der Waals surface area contributed by atoms with E-state index in [1.54, 1.807) is 0 Å². The lowest BCUT2D eigenvalue weighted by atomic mass is 10.0. The number of aromatic hydroxyl groups is 1. The lowest BCUT2D eigenvalue weighted by molar-refractivity contribution is -0.137. The Morgan fingerprint density at radius 1 is 1.29 bits per heavy atom. The zero-order chi connectivity index (χ0) is 20.1. The minimum atomic E-state index is -4.52. The first-order chi connectivity index (χ1) is 13.2. The van der Waals surface area contributed by atoms with Crippen LogP contribution in [0.25, 0.3) is 22.4 Å². The predicted molar refractivity (Wildman–Crippen MR) is 97.8 cm³/mol. The van der Waals surface area contributed by atoms with Crippen LogP contribution in [0.4, 0.5) is 13.2 Å². The maximum atomic E-state index is 12.9. The second-order valence-electron chi connectivity index (χ2n) is 7.42. The van der Waals surface area contributed by atoms with Gasteiger partial charge in [-0.3, -0.25) is 4.68 Å². The molecule has 9 heteroatoms. The van der Waals surface area contributed by atoms with Gasteiger partial charge in [-0.15, -0.1) is 0 Å². The van der Waals surface area contributed by atoms with Gasteiger partial charge in [-0.1, -0.05) is 0 Å². The van der Waals surface area contributed by atoms with E-state index in [0.717, 1.165) is 32.1 Å². The van der Waals surface area contributed by atoms with E-state index in [1.807, 2.05) is 10.9 Å². The van der Waals surface area contributed by atoms with Crippen LogP contribution in [0.2, 0.25) is 0 Å². The van der Waals surface area contributed by atoms with E-state index >= 15 is 0 Å². The van der Waals surface area contributed by atoms with Crippen molar-refractivity contribution in [3.63, 3.8) is 0 Å². The van der Waals surface area contributed by atoms with Crippen LogP contribution in [0.3, 0.4) is 0 Å². The van der Waals surface area contributed by atoms with Crippen molar-refractivity contribution in [3.8, 4) is 17.0 Å². The van der Waals surface area contributed by atoms with Gasteiger partial charge in [0.25, 0.3) is 0 Å². The highest BCUT2D eigenvalue weighted by Crippen LogP contribution is 2.38. The van der Waals surface area contributed by atoms with Gasteiger partial charge >= 0.3 is 6.18 Å². The van der Waals surface area contributed by atoms with Gasteiger partial charge in [0.1, 0.15) is 11.3 Å². The zero-order valence-electron chi connectivity index (χ0n) is 15.5. The Morgan fingerprint density at radius 3 is 2.71 bits per heavy atom. The van der Waals surface area contributed by atoms with Crippen molar-refractivity contribution in [2.45, 2.75) is 26.1 Å². The molecule has 148 valence electrons. The number of phenolic OH excluding ortho intramolecular Hbond substituents is 1. The van der Waals surface area contributed by atoms with Gasteiger partial charge in [0, 0.05) is 18.7 Å². The third kappa shape index (κ3) is 3.54. The van der Waals surface area contributed by atoms with E-state index in [2.05, 4.69) is 27.0 Å². The molecule has 1 aliphatic heterocycles. The van der Waals surface area contributed by atoms with E-state index in [-0.39, 0.29) is 11.1 Å². The average Bonchev–Trinajstić information content (AvgIpc) is 3.18. The summed E-state index contributed by atoms with van der Waals surface area (Å²) >= 11 is 0. The fraction of sp³-hybridized carbons (Fsp3) is 0.421. The SMILES string of the molecule is Cc1cc(C(F)(F)F)cc(O)c1-c1cnc2cn(C[C@@H]3CCN(C)C3)nc2n1. The van der Waals surface area contributed by atoms with Crippen molar-refractivity contribution in [3.05, 3.63) is 35.7 Å². The molecule has 3 heterocycles. The van der Waals surface area contributed by atoms with Gasteiger partial charge in [0.15, 0.2) is 5.65 Å². The van der Waals surface area contributed by atoms with Gasteiger partial charge in [0.05, 0.1) is 23.7 Å². The summed E-state index contributed by atoms with van der Waals surface area (Å²) < 4.78 is 40.6. The van der Waals surface area contributed by atoms with Crippen molar-refractivity contribution >= 4 is 11.2 Å². The number of alkyl halides is 3. The largest absolute Gasteiger partial charge is 0.507 e. The smallest absolute Gasteiger partial charge is 0.416 e. The maximum absolute atomic E-state index is 12.9. The van der Waals surface area contributed by atoms with Crippen molar-refractivity contribution in [2.24, 2.45) is 5.92 Å². The number of likely N-dealkylation sites (tertiary alicyclic amines) is 1. The van der Waals surface area contributed by atoms with Crippen LogP contribution < -0.4 is 0 Å². The van der Waals surface area contributed by atoms with Crippen LogP contribution >= 0.6 is 0 Å². The first-order valence-corrected chi connectivity index (χ1v) is 9.00. The lowest BCUT2D eigenvalue weighted by Gasteiger charge is -2.12. The molecule has 0 radical (unpaired) electrons. The molecule has 1 N–H and O–H groups in total. The summed E-state index contributed by atoms with van der Waals surface area (Å²) in [5.41, 5.74) is 0.915. The highest BCUT2D eigenvalue weighted by atomic mass is 19.4. The Bertz CT molecular complexity index is 1010. The molecule has 4 rings (SSSR count). The molecule has 28 heavy (non-hydrogen) atoms. The molecule has 0 spiro atoms. The van der Waals surface area contributed by atoms with E-state index < -0.39 is 17.5 Å². The van der Waals surface area contributed by atoms with Gasteiger partial charge in [-0.2, -0.15) is 18.3 Å². The molecule has 0 aliphatic carbocycles. The summed E-state index contributed by atoms with van der Waals surface area (Å²) in [5.74, 6) is 0.0365. The Morgan fingerprint density at radius 2 is 2.07 bits per heavy atom. The molecule has 1 aromatic carbocycles. The fourth-order valence-electron chi connectivity index (χ4n) is 3.76. The molecular formula is C19H20F3N5O. The Hall–Kier alpha value is -2.68. The summed E-state index contributed by atoms with van der Waals surface area (Å²) in [5, 5.41) is 14.6. The standard InChI is InChI=1S/C19H20F3N5O/c1-11-5-13(19(20,21)22)6-16(28)17(11)14-7-23-15-10-27(25-18(15)24-14)9-12-3-4-26(2)8-12/h5-7,10,12,28H,3-4,8-9H2,1-2H3/t12-/m1/s1. The van der Waals surface area contributed by atoms with Crippen molar-refractivity contribution < 1.29 is 18.3 Å². The number of fused-ring (bicyclic) bond motifs is 1. The predicted octanol–water partition coefficient (Wildman–Crippen LogP) is 3.48.